The molecule has 0 spiro atoms. The fourth-order valence-corrected chi connectivity index (χ4v) is 4.11. The molecule has 1 fully saturated rings. The van der Waals surface area contributed by atoms with Crippen LogP contribution in [0.5, 0.6) is 11.5 Å². The van der Waals surface area contributed by atoms with Crippen LogP contribution in [0.1, 0.15) is 11.1 Å². The average molecular weight is 599 g/mol. The van der Waals surface area contributed by atoms with Crippen LogP contribution in [0, 0.1) is 6.92 Å². The standard InChI is InChI=1S/C27H21BrClN3O6/c1-15-3-5-18(13-22(15)29)30-24(33)14-38-23-10-4-17(28)11-16(23)12-21-25(34)31-27(36)32(26(21)35)19-6-8-20(37-2)9-7-19/h3-13H,14H2,1-2H3,(H,30,33)(H,31,34,36)/b21-12+. The lowest BCUT2D eigenvalue weighted by Crippen LogP contribution is -2.54. The Hall–Kier alpha value is -4.15. The summed E-state index contributed by atoms with van der Waals surface area (Å²) in [5.74, 6) is -1.33. The second kappa shape index (κ2) is 11.5. The van der Waals surface area contributed by atoms with Crippen molar-refractivity contribution in [3.05, 3.63) is 86.9 Å². The summed E-state index contributed by atoms with van der Waals surface area (Å²) in [5.41, 5.74) is 1.70. The third-order valence-corrected chi connectivity index (χ3v) is 6.42. The predicted octanol–water partition coefficient (Wildman–Crippen LogP) is 5.10. The molecule has 0 aliphatic carbocycles. The Morgan fingerprint density at radius 2 is 1.82 bits per heavy atom. The van der Waals surface area contributed by atoms with Crippen LogP contribution in [0.4, 0.5) is 16.2 Å². The number of nitrogens with one attached hydrogen (secondary N) is 2. The van der Waals surface area contributed by atoms with Crippen molar-refractivity contribution in [2.75, 3.05) is 23.9 Å². The maximum Gasteiger partial charge on any atom is 0.335 e. The van der Waals surface area contributed by atoms with E-state index in [9.17, 15) is 19.2 Å². The zero-order chi connectivity index (χ0) is 27.4. The average Bonchev–Trinajstić information content (AvgIpc) is 2.88. The first-order valence-electron chi connectivity index (χ1n) is 11.2. The highest BCUT2D eigenvalue weighted by Gasteiger charge is 2.37. The third-order valence-electron chi connectivity index (χ3n) is 5.52. The molecule has 2 N–H and O–H groups in total. The monoisotopic (exact) mass is 597 g/mol. The molecular weight excluding hydrogens is 578 g/mol. The number of carbonyl (C=O) groups excluding carboxylic acids is 4. The number of amides is 5. The van der Waals surface area contributed by atoms with Crippen LogP contribution < -0.4 is 25.0 Å². The molecule has 0 bridgehead atoms. The maximum absolute atomic E-state index is 13.2. The fraction of sp³-hybridized carbons (Fsp3) is 0.111. The van der Waals surface area contributed by atoms with E-state index in [1.165, 1.54) is 25.3 Å². The highest BCUT2D eigenvalue weighted by atomic mass is 79.9. The molecule has 3 aromatic carbocycles. The van der Waals surface area contributed by atoms with Crippen LogP contribution in [0.25, 0.3) is 6.08 Å². The quantitative estimate of drug-likeness (QED) is 0.289. The van der Waals surface area contributed by atoms with E-state index >= 15 is 0 Å². The van der Waals surface area contributed by atoms with E-state index < -0.39 is 23.8 Å². The van der Waals surface area contributed by atoms with Gasteiger partial charge in [-0.05, 0) is 73.2 Å². The Balaban J connectivity index is 1.56. The summed E-state index contributed by atoms with van der Waals surface area (Å²) in [6.45, 7) is 1.50. The van der Waals surface area contributed by atoms with Crippen LogP contribution in [0.3, 0.4) is 0 Å². The Kier molecular flexibility index (Phi) is 8.13. The molecule has 1 aliphatic heterocycles. The van der Waals surface area contributed by atoms with E-state index in [0.717, 1.165) is 10.5 Å². The number of nitrogens with zero attached hydrogens (tertiary/aromatic N) is 1. The van der Waals surface area contributed by atoms with Gasteiger partial charge in [-0.15, -0.1) is 0 Å². The zero-order valence-corrected chi connectivity index (χ0v) is 22.6. The highest BCUT2D eigenvalue weighted by molar-refractivity contribution is 9.10. The van der Waals surface area contributed by atoms with Gasteiger partial charge in [-0.3, -0.25) is 19.7 Å². The lowest BCUT2D eigenvalue weighted by atomic mass is 10.1. The summed E-state index contributed by atoms with van der Waals surface area (Å²) in [6, 6.07) is 15.4. The molecule has 11 heteroatoms. The molecule has 0 radical (unpaired) electrons. The molecule has 0 aromatic heterocycles. The molecule has 1 saturated heterocycles. The van der Waals surface area contributed by atoms with E-state index in [1.54, 1.807) is 48.5 Å². The molecule has 1 aliphatic rings. The van der Waals surface area contributed by atoms with Crippen molar-refractivity contribution in [1.82, 2.24) is 5.32 Å². The van der Waals surface area contributed by atoms with E-state index in [4.69, 9.17) is 21.1 Å². The second-order valence-electron chi connectivity index (χ2n) is 8.14. The van der Waals surface area contributed by atoms with Crippen molar-refractivity contribution in [1.29, 1.82) is 0 Å². The Morgan fingerprint density at radius 1 is 1.08 bits per heavy atom. The van der Waals surface area contributed by atoms with Crippen LogP contribution in [-0.2, 0) is 14.4 Å². The number of anilines is 2. The van der Waals surface area contributed by atoms with Gasteiger partial charge in [0.05, 0.1) is 12.8 Å². The molecule has 3 aromatic rings. The minimum Gasteiger partial charge on any atom is -0.497 e. The number of ether oxygens (including phenoxy) is 2. The van der Waals surface area contributed by atoms with Crippen molar-refractivity contribution in [2.24, 2.45) is 0 Å². The number of carbonyl (C=O) groups is 4. The summed E-state index contributed by atoms with van der Waals surface area (Å²) in [4.78, 5) is 51.7. The molecule has 38 heavy (non-hydrogen) atoms. The molecule has 9 nitrogen and oxygen atoms in total. The molecule has 1 heterocycles. The smallest absolute Gasteiger partial charge is 0.335 e. The van der Waals surface area contributed by atoms with E-state index in [2.05, 4.69) is 26.6 Å². The van der Waals surface area contributed by atoms with Crippen LogP contribution in [0.15, 0.2) is 70.7 Å². The number of hydrogen-bond acceptors (Lipinski definition) is 6. The SMILES string of the molecule is COc1ccc(N2C(=O)NC(=O)/C(=C\c3cc(Br)ccc3OCC(=O)Nc3ccc(C)c(Cl)c3)C2=O)cc1. The first kappa shape index (κ1) is 26.9. The van der Waals surface area contributed by atoms with E-state index in [0.29, 0.717) is 26.5 Å². The van der Waals surface area contributed by atoms with Crippen molar-refractivity contribution in [3.63, 3.8) is 0 Å². The minimum atomic E-state index is -0.874. The normalized spacial score (nSPS) is 14.4. The van der Waals surface area contributed by atoms with Crippen LogP contribution in [0.2, 0.25) is 5.02 Å². The summed E-state index contributed by atoms with van der Waals surface area (Å²) < 4.78 is 11.5. The van der Waals surface area contributed by atoms with Gasteiger partial charge in [0.25, 0.3) is 17.7 Å². The van der Waals surface area contributed by atoms with Crippen molar-refractivity contribution < 1.29 is 28.7 Å². The summed E-state index contributed by atoms with van der Waals surface area (Å²) in [5, 5.41) is 5.39. The number of imide groups is 2. The number of rotatable bonds is 7. The fourth-order valence-electron chi connectivity index (χ4n) is 3.55. The summed E-state index contributed by atoms with van der Waals surface area (Å²) in [6.07, 6.45) is 1.30. The largest absolute Gasteiger partial charge is 0.497 e. The van der Waals surface area contributed by atoms with Gasteiger partial charge in [0.15, 0.2) is 6.61 Å². The number of hydrogen-bond donors (Lipinski definition) is 2. The number of halogens is 2. The van der Waals surface area contributed by atoms with E-state index in [-0.39, 0.29) is 23.6 Å². The Labute approximate surface area is 231 Å². The second-order valence-corrected chi connectivity index (χ2v) is 9.46. The number of barbiturate groups is 1. The van der Waals surface area contributed by atoms with Gasteiger partial charge >= 0.3 is 6.03 Å². The van der Waals surface area contributed by atoms with Gasteiger partial charge in [0.2, 0.25) is 0 Å². The van der Waals surface area contributed by atoms with Gasteiger partial charge < -0.3 is 14.8 Å². The first-order chi connectivity index (χ1) is 18.2. The molecule has 0 atom stereocenters. The number of methoxy groups -OCH3 is 1. The van der Waals surface area contributed by atoms with Crippen LogP contribution >= 0.6 is 27.5 Å². The molecule has 194 valence electrons. The molecule has 0 saturated carbocycles. The van der Waals surface area contributed by atoms with Gasteiger partial charge in [0.1, 0.15) is 17.1 Å². The lowest BCUT2D eigenvalue weighted by Gasteiger charge is -2.26. The van der Waals surface area contributed by atoms with Gasteiger partial charge in [-0.25, -0.2) is 9.69 Å². The van der Waals surface area contributed by atoms with E-state index in [1.807, 2.05) is 6.92 Å². The first-order valence-corrected chi connectivity index (χ1v) is 12.4. The van der Waals surface area contributed by atoms with Crippen molar-refractivity contribution in [3.8, 4) is 11.5 Å². The number of benzene rings is 3. The highest BCUT2D eigenvalue weighted by Crippen LogP contribution is 2.29. The van der Waals surface area contributed by atoms with Gasteiger partial charge in [-0.1, -0.05) is 33.6 Å². The molecule has 4 rings (SSSR count). The minimum absolute atomic E-state index is 0.242. The van der Waals surface area contributed by atoms with Crippen molar-refractivity contribution in [2.45, 2.75) is 6.92 Å². The molecule has 5 amide bonds. The number of aryl methyl sites for hydroxylation is 1. The summed E-state index contributed by atoms with van der Waals surface area (Å²) >= 11 is 9.47. The Bertz CT molecular complexity index is 1470. The molecule has 0 unspecified atom stereocenters. The lowest BCUT2D eigenvalue weighted by molar-refractivity contribution is -0.122. The number of urea groups is 1. The third kappa shape index (κ3) is 6.04. The predicted molar refractivity (Wildman–Crippen MR) is 146 cm³/mol. The summed E-state index contributed by atoms with van der Waals surface area (Å²) in [7, 11) is 1.49. The molecular formula is C27H21BrClN3O6. The van der Waals surface area contributed by atoms with Gasteiger partial charge in [-0.2, -0.15) is 0 Å². The zero-order valence-electron chi connectivity index (χ0n) is 20.2. The van der Waals surface area contributed by atoms with Crippen LogP contribution in [-0.4, -0.2) is 37.5 Å². The maximum atomic E-state index is 13.2. The Morgan fingerprint density at radius 3 is 2.50 bits per heavy atom. The van der Waals surface area contributed by atoms with Gasteiger partial charge in [0, 0.05) is 20.7 Å². The van der Waals surface area contributed by atoms with Crippen molar-refractivity contribution >= 4 is 68.7 Å². The topological polar surface area (TPSA) is 114 Å².